The molecule has 10 rings (SSSR count). The van der Waals surface area contributed by atoms with E-state index < -0.39 is 0 Å². The summed E-state index contributed by atoms with van der Waals surface area (Å²) in [4.78, 5) is 15.4. The summed E-state index contributed by atoms with van der Waals surface area (Å²) in [5.74, 6) is 1.90. The third kappa shape index (κ3) is 3.45. The maximum absolute atomic E-state index is 5.21. The fourth-order valence-electron chi connectivity index (χ4n) is 7.24. The minimum Gasteiger partial charge on any atom is -0.277 e. The first-order valence-corrected chi connectivity index (χ1v) is 15.2. The van der Waals surface area contributed by atoms with Crippen LogP contribution in [0.1, 0.15) is 0 Å². The van der Waals surface area contributed by atoms with E-state index in [2.05, 4.69) is 114 Å². The van der Waals surface area contributed by atoms with Crippen molar-refractivity contribution in [2.45, 2.75) is 0 Å². The number of rotatable bonds is 3. The van der Waals surface area contributed by atoms with Crippen LogP contribution in [0, 0.1) is 0 Å². The Bertz CT molecular complexity index is 2580. The summed E-state index contributed by atoms with van der Waals surface area (Å²) in [6.45, 7) is 0. The van der Waals surface area contributed by atoms with Gasteiger partial charge in [-0.2, -0.15) is 9.97 Å². The SMILES string of the molecule is c1ccc(-c2nc(-c3ccccc3)nc(-n3c4cc5c6c(cccc6c4c4ccc6ccccc6c43)-c3ccccc3-5)n2)cc1. The van der Waals surface area contributed by atoms with E-state index in [1.54, 1.807) is 0 Å². The van der Waals surface area contributed by atoms with Gasteiger partial charge >= 0.3 is 0 Å². The zero-order valence-corrected chi connectivity index (χ0v) is 24.1. The van der Waals surface area contributed by atoms with Crippen molar-refractivity contribution in [2.75, 3.05) is 0 Å². The fourth-order valence-corrected chi connectivity index (χ4v) is 7.24. The van der Waals surface area contributed by atoms with Gasteiger partial charge < -0.3 is 0 Å². The van der Waals surface area contributed by atoms with Gasteiger partial charge in [-0.05, 0) is 44.5 Å². The normalized spacial score (nSPS) is 12.0. The molecule has 1 aliphatic rings. The molecule has 0 amide bonds. The maximum Gasteiger partial charge on any atom is 0.238 e. The van der Waals surface area contributed by atoms with Crippen LogP contribution >= 0.6 is 0 Å². The van der Waals surface area contributed by atoms with Crippen molar-refractivity contribution in [3.8, 4) is 51.0 Å². The largest absolute Gasteiger partial charge is 0.277 e. The van der Waals surface area contributed by atoms with Crippen LogP contribution in [0.4, 0.5) is 0 Å². The maximum atomic E-state index is 5.21. The summed E-state index contributed by atoms with van der Waals surface area (Å²) >= 11 is 0. The van der Waals surface area contributed by atoms with Crippen molar-refractivity contribution in [2.24, 2.45) is 0 Å². The molecule has 0 bridgehead atoms. The minimum absolute atomic E-state index is 0.605. The molecule has 0 aliphatic heterocycles. The number of nitrogens with zero attached hydrogens (tertiary/aromatic N) is 4. The zero-order valence-electron chi connectivity index (χ0n) is 24.1. The Labute approximate surface area is 258 Å². The van der Waals surface area contributed by atoms with Crippen LogP contribution in [0.25, 0.3) is 94.3 Å². The quantitative estimate of drug-likeness (QED) is 0.212. The lowest BCUT2D eigenvalue weighted by Crippen LogP contribution is -2.06. The van der Waals surface area contributed by atoms with E-state index in [1.807, 2.05) is 36.4 Å². The Kier molecular flexibility index (Phi) is 4.96. The average molecular weight is 573 g/mol. The zero-order chi connectivity index (χ0) is 29.5. The second-order valence-electron chi connectivity index (χ2n) is 11.6. The van der Waals surface area contributed by atoms with E-state index in [0.717, 1.165) is 27.5 Å². The van der Waals surface area contributed by atoms with E-state index in [-0.39, 0.29) is 0 Å². The molecule has 0 fully saturated rings. The second-order valence-corrected chi connectivity index (χ2v) is 11.6. The highest BCUT2D eigenvalue weighted by Crippen LogP contribution is 2.51. The standard InChI is InChI=1S/C41H24N4/c1-3-13-26(14-4-1)39-42-40(27-15-5-2-6-16-27)44-41(43-39)45-35-24-34-30-19-10-9-18-29(30)31-20-11-21-32(36(31)34)37(35)33-23-22-25-12-7-8-17-28(25)38(33)45/h1-24H. The highest BCUT2D eigenvalue weighted by molar-refractivity contribution is 6.31. The average Bonchev–Trinajstić information content (AvgIpc) is 3.63. The number of benzene rings is 7. The van der Waals surface area contributed by atoms with Crippen molar-refractivity contribution in [1.82, 2.24) is 19.5 Å². The molecule has 0 unspecified atom stereocenters. The van der Waals surface area contributed by atoms with Crippen LogP contribution in [0.5, 0.6) is 0 Å². The summed E-state index contributed by atoms with van der Waals surface area (Å²) in [6.07, 6.45) is 0. The van der Waals surface area contributed by atoms with Crippen LogP contribution in [0.15, 0.2) is 146 Å². The lowest BCUT2D eigenvalue weighted by molar-refractivity contribution is 0.955. The third-order valence-corrected chi connectivity index (χ3v) is 9.17. The molecular weight excluding hydrogens is 548 g/mol. The van der Waals surface area contributed by atoms with E-state index in [0.29, 0.717) is 17.6 Å². The van der Waals surface area contributed by atoms with E-state index in [4.69, 9.17) is 15.0 Å². The molecule has 0 N–H and O–H groups in total. The topological polar surface area (TPSA) is 43.6 Å². The summed E-state index contributed by atoms with van der Waals surface area (Å²) in [6, 6.07) is 51.3. The van der Waals surface area contributed by atoms with Crippen molar-refractivity contribution in [3.05, 3.63) is 146 Å². The van der Waals surface area contributed by atoms with Crippen LogP contribution < -0.4 is 0 Å². The molecule has 0 atom stereocenters. The van der Waals surface area contributed by atoms with Gasteiger partial charge in [0.2, 0.25) is 5.95 Å². The molecule has 9 aromatic rings. The van der Waals surface area contributed by atoms with Gasteiger partial charge in [0.15, 0.2) is 11.6 Å². The molecule has 208 valence electrons. The van der Waals surface area contributed by atoms with Gasteiger partial charge in [0.05, 0.1) is 11.0 Å². The first-order chi connectivity index (χ1) is 22.3. The molecular formula is C41H24N4. The third-order valence-electron chi connectivity index (χ3n) is 9.17. The van der Waals surface area contributed by atoms with E-state index in [1.165, 1.54) is 49.2 Å². The number of hydrogen-bond donors (Lipinski definition) is 0. The van der Waals surface area contributed by atoms with Gasteiger partial charge in [0, 0.05) is 27.3 Å². The molecule has 4 nitrogen and oxygen atoms in total. The first kappa shape index (κ1) is 24.3. The summed E-state index contributed by atoms with van der Waals surface area (Å²) in [5.41, 5.74) is 9.17. The molecule has 45 heavy (non-hydrogen) atoms. The van der Waals surface area contributed by atoms with Crippen LogP contribution in [-0.4, -0.2) is 19.5 Å². The highest BCUT2D eigenvalue weighted by Gasteiger charge is 2.27. The molecule has 1 aliphatic carbocycles. The Hall–Kier alpha value is -6.13. The summed E-state index contributed by atoms with van der Waals surface area (Å²) in [7, 11) is 0. The van der Waals surface area contributed by atoms with Crippen LogP contribution in [0.3, 0.4) is 0 Å². The number of fused-ring (bicyclic) bond motifs is 9. The Morgan fingerprint density at radius 3 is 1.73 bits per heavy atom. The van der Waals surface area contributed by atoms with E-state index in [9.17, 15) is 0 Å². The number of aromatic nitrogens is 4. The van der Waals surface area contributed by atoms with Gasteiger partial charge in [-0.3, -0.25) is 4.57 Å². The van der Waals surface area contributed by atoms with Crippen LogP contribution in [0.2, 0.25) is 0 Å². The number of hydrogen-bond acceptors (Lipinski definition) is 3. The Morgan fingerprint density at radius 2 is 1.00 bits per heavy atom. The monoisotopic (exact) mass is 572 g/mol. The molecule has 0 saturated heterocycles. The molecule has 2 aromatic heterocycles. The molecule has 0 spiro atoms. The van der Waals surface area contributed by atoms with Crippen molar-refractivity contribution in [1.29, 1.82) is 0 Å². The lowest BCUT2D eigenvalue weighted by Gasteiger charge is -2.12. The predicted molar refractivity (Wildman–Crippen MR) is 184 cm³/mol. The van der Waals surface area contributed by atoms with Crippen molar-refractivity contribution in [3.63, 3.8) is 0 Å². The highest BCUT2D eigenvalue weighted by atomic mass is 15.2. The van der Waals surface area contributed by atoms with Gasteiger partial charge in [-0.1, -0.05) is 140 Å². The lowest BCUT2D eigenvalue weighted by atomic mass is 9.97. The van der Waals surface area contributed by atoms with Crippen LogP contribution in [-0.2, 0) is 0 Å². The van der Waals surface area contributed by atoms with Crippen molar-refractivity contribution >= 4 is 43.4 Å². The Balaban J connectivity index is 1.41. The molecule has 0 saturated carbocycles. The van der Waals surface area contributed by atoms with E-state index >= 15 is 0 Å². The predicted octanol–water partition coefficient (Wildman–Crippen LogP) is 10.3. The summed E-state index contributed by atoms with van der Waals surface area (Å²) < 4.78 is 2.27. The fraction of sp³-hybridized carbons (Fsp3) is 0. The smallest absolute Gasteiger partial charge is 0.238 e. The van der Waals surface area contributed by atoms with Gasteiger partial charge in [0.25, 0.3) is 0 Å². The van der Waals surface area contributed by atoms with Gasteiger partial charge in [-0.15, -0.1) is 0 Å². The van der Waals surface area contributed by atoms with Gasteiger partial charge in [-0.25, -0.2) is 4.98 Å². The first-order valence-electron chi connectivity index (χ1n) is 15.2. The molecule has 2 heterocycles. The van der Waals surface area contributed by atoms with Gasteiger partial charge in [0.1, 0.15) is 0 Å². The Morgan fingerprint density at radius 1 is 0.400 bits per heavy atom. The summed E-state index contributed by atoms with van der Waals surface area (Å²) in [5, 5.41) is 7.30. The minimum atomic E-state index is 0.605. The second kappa shape index (κ2) is 9.18. The molecule has 4 heteroatoms. The molecule has 7 aromatic carbocycles. The van der Waals surface area contributed by atoms with Crippen molar-refractivity contribution < 1.29 is 0 Å². The molecule has 0 radical (unpaired) electrons.